The number of nitrogens with zero attached hydrogens (tertiary/aromatic N) is 1. The number of hydrogen-bond acceptors (Lipinski definition) is 2. The van der Waals surface area contributed by atoms with E-state index in [0.717, 1.165) is 41.1 Å². The number of hydrogen-bond donors (Lipinski definition) is 1. The predicted molar refractivity (Wildman–Crippen MR) is 97.5 cm³/mol. The zero-order valence-corrected chi connectivity index (χ0v) is 14.0. The Morgan fingerprint density at radius 2 is 2.12 bits per heavy atom. The van der Waals surface area contributed by atoms with Gasteiger partial charge < -0.3 is 9.88 Å². The Hall–Kier alpha value is -2.55. The monoisotopic (exact) mass is 318 g/mol. The van der Waals surface area contributed by atoms with Crippen molar-refractivity contribution >= 4 is 17.6 Å². The van der Waals surface area contributed by atoms with Gasteiger partial charge in [0.1, 0.15) is 6.29 Å². The number of aldehydes is 1. The number of rotatable bonds is 4. The second-order valence-corrected chi connectivity index (χ2v) is 6.90. The normalized spacial score (nSPS) is 17.3. The van der Waals surface area contributed by atoms with Crippen molar-refractivity contribution in [3.05, 3.63) is 71.2 Å². The van der Waals surface area contributed by atoms with E-state index < -0.39 is 0 Å². The molecule has 1 saturated carbocycles. The first-order chi connectivity index (χ1) is 11.7. The molecule has 3 heteroatoms. The van der Waals surface area contributed by atoms with Crippen molar-refractivity contribution in [3.8, 4) is 0 Å². The number of carbonyl (C=O) groups is 1. The second kappa shape index (κ2) is 5.82. The first-order valence-corrected chi connectivity index (χ1v) is 8.57. The molecule has 4 rings (SSSR count). The first-order valence-electron chi connectivity index (χ1n) is 8.57. The maximum Gasteiger partial charge on any atom is 0.150 e. The number of aromatic nitrogens is 1. The van der Waals surface area contributed by atoms with E-state index in [0.29, 0.717) is 0 Å². The molecule has 0 saturated heterocycles. The van der Waals surface area contributed by atoms with Crippen LogP contribution in [-0.4, -0.2) is 23.2 Å². The van der Waals surface area contributed by atoms with E-state index in [9.17, 15) is 4.79 Å². The van der Waals surface area contributed by atoms with Crippen LogP contribution < -0.4 is 0 Å². The summed E-state index contributed by atoms with van der Waals surface area (Å²) in [5.74, 6) is 0.786. The summed E-state index contributed by atoms with van der Waals surface area (Å²) < 4.78 is 0. The summed E-state index contributed by atoms with van der Waals surface area (Å²) in [7, 11) is 2.02. The summed E-state index contributed by atoms with van der Waals surface area (Å²) in [6.07, 6.45) is 10.1. The van der Waals surface area contributed by atoms with Gasteiger partial charge in [0, 0.05) is 36.1 Å². The zero-order chi connectivity index (χ0) is 16.7. The summed E-state index contributed by atoms with van der Waals surface area (Å²) >= 11 is 0. The van der Waals surface area contributed by atoms with Crippen LogP contribution in [0.1, 0.15) is 52.0 Å². The molecule has 0 atom stereocenters. The van der Waals surface area contributed by atoms with Crippen molar-refractivity contribution in [2.24, 2.45) is 5.92 Å². The Balaban J connectivity index is 1.83. The van der Waals surface area contributed by atoms with E-state index in [1.165, 1.54) is 36.0 Å². The lowest BCUT2D eigenvalue weighted by molar-refractivity contribution is 0.112. The van der Waals surface area contributed by atoms with Gasteiger partial charge in [-0.2, -0.15) is 0 Å². The van der Waals surface area contributed by atoms with E-state index in [4.69, 9.17) is 0 Å². The van der Waals surface area contributed by atoms with Crippen molar-refractivity contribution < 1.29 is 4.79 Å². The Morgan fingerprint density at radius 3 is 2.83 bits per heavy atom. The van der Waals surface area contributed by atoms with Gasteiger partial charge in [-0.05, 0) is 35.6 Å². The van der Waals surface area contributed by atoms with Gasteiger partial charge in [0.05, 0.1) is 11.4 Å². The smallest absolute Gasteiger partial charge is 0.150 e. The summed E-state index contributed by atoms with van der Waals surface area (Å²) in [4.78, 5) is 16.7. The number of aromatic amines is 1. The molecule has 1 aromatic heterocycles. The molecule has 24 heavy (non-hydrogen) atoms. The van der Waals surface area contributed by atoms with Gasteiger partial charge in [-0.15, -0.1) is 0 Å². The third-order valence-corrected chi connectivity index (χ3v) is 5.37. The third-order valence-electron chi connectivity index (χ3n) is 5.37. The lowest BCUT2D eigenvalue weighted by Crippen LogP contribution is -2.18. The Labute approximate surface area is 142 Å². The fourth-order valence-electron chi connectivity index (χ4n) is 3.67. The molecule has 122 valence electrons. The average molecular weight is 318 g/mol. The molecule has 0 unspecified atom stereocenters. The van der Waals surface area contributed by atoms with Gasteiger partial charge >= 0.3 is 0 Å². The van der Waals surface area contributed by atoms with Crippen LogP contribution >= 0.6 is 0 Å². The minimum atomic E-state index is 0.729. The van der Waals surface area contributed by atoms with Crippen LogP contribution in [0, 0.1) is 5.92 Å². The van der Waals surface area contributed by atoms with E-state index in [1.54, 1.807) is 0 Å². The Kier molecular flexibility index (Phi) is 3.64. The van der Waals surface area contributed by atoms with Gasteiger partial charge in [-0.25, -0.2) is 0 Å². The summed E-state index contributed by atoms with van der Waals surface area (Å²) in [6, 6.07) is 8.20. The van der Waals surface area contributed by atoms with Gasteiger partial charge in [0.25, 0.3) is 0 Å². The number of benzene rings is 1. The van der Waals surface area contributed by atoms with Crippen molar-refractivity contribution in [2.75, 3.05) is 7.05 Å². The lowest BCUT2D eigenvalue weighted by atomic mass is 9.78. The molecule has 0 bridgehead atoms. The van der Waals surface area contributed by atoms with E-state index in [1.807, 2.05) is 25.4 Å². The highest BCUT2D eigenvalue weighted by molar-refractivity contribution is 5.91. The van der Waals surface area contributed by atoms with Gasteiger partial charge in [-0.1, -0.05) is 38.0 Å². The van der Waals surface area contributed by atoms with Crippen molar-refractivity contribution in [1.82, 2.24) is 9.88 Å². The molecule has 0 radical (unpaired) electrons. The number of carbonyl (C=O) groups excluding carboxylic acids is 1. The molecule has 1 aliphatic heterocycles. The molecule has 1 aliphatic carbocycles. The quantitative estimate of drug-likeness (QED) is 0.844. The molecule has 1 aromatic carbocycles. The summed E-state index contributed by atoms with van der Waals surface area (Å²) in [6.45, 7) is 4.16. The first kappa shape index (κ1) is 15.0. The fourth-order valence-corrected chi connectivity index (χ4v) is 3.67. The van der Waals surface area contributed by atoms with Gasteiger partial charge in [0.2, 0.25) is 0 Å². The van der Waals surface area contributed by atoms with Crippen LogP contribution in [-0.2, 0) is 6.42 Å². The van der Waals surface area contributed by atoms with Crippen molar-refractivity contribution in [1.29, 1.82) is 0 Å². The molecule has 0 spiro atoms. The predicted octanol–water partition coefficient (Wildman–Crippen LogP) is 4.48. The minimum Gasteiger partial charge on any atom is -0.359 e. The van der Waals surface area contributed by atoms with Crippen LogP contribution in [0.25, 0.3) is 11.3 Å². The SMILES string of the molecule is C=C1c2[nH]ccc2C(c2cc(C=O)ccc2CC2CCC2)=CN1C. The maximum atomic E-state index is 11.3. The van der Waals surface area contributed by atoms with Crippen LogP contribution in [0.3, 0.4) is 0 Å². The van der Waals surface area contributed by atoms with Crippen molar-refractivity contribution in [3.63, 3.8) is 0 Å². The molecular weight excluding hydrogens is 296 g/mol. The maximum absolute atomic E-state index is 11.3. The zero-order valence-electron chi connectivity index (χ0n) is 14.0. The topological polar surface area (TPSA) is 36.1 Å². The van der Waals surface area contributed by atoms with Crippen molar-refractivity contribution in [2.45, 2.75) is 25.7 Å². The van der Waals surface area contributed by atoms with E-state index in [-0.39, 0.29) is 0 Å². The molecule has 1 fully saturated rings. The molecule has 1 N–H and O–H groups in total. The molecule has 0 amide bonds. The third kappa shape index (κ3) is 2.41. The van der Waals surface area contributed by atoms with E-state index >= 15 is 0 Å². The van der Waals surface area contributed by atoms with Crippen LogP contribution in [0.2, 0.25) is 0 Å². The summed E-state index contributed by atoms with van der Waals surface area (Å²) in [5, 5.41) is 0. The highest BCUT2D eigenvalue weighted by Crippen LogP contribution is 2.39. The molecular formula is C21H22N2O. The molecule has 3 nitrogen and oxygen atoms in total. The van der Waals surface area contributed by atoms with Crippen LogP contribution in [0.15, 0.2) is 43.2 Å². The molecule has 2 aromatic rings. The Morgan fingerprint density at radius 1 is 1.29 bits per heavy atom. The molecule has 2 heterocycles. The van der Waals surface area contributed by atoms with Gasteiger partial charge in [-0.3, -0.25) is 4.79 Å². The van der Waals surface area contributed by atoms with Gasteiger partial charge in [0.15, 0.2) is 0 Å². The molecule has 2 aliphatic rings. The highest BCUT2D eigenvalue weighted by Gasteiger charge is 2.25. The average Bonchev–Trinajstić information content (AvgIpc) is 3.04. The number of H-pyrrole nitrogens is 1. The van der Waals surface area contributed by atoms with Crippen LogP contribution in [0.5, 0.6) is 0 Å². The van der Waals surface area contributed by atoms with Crippen LogP contribution in [0.4, 0.5) is 0 Å². The standard InChI is InChI=1S/C21H22N2O/c1-14-21-18(8-9-22-21)20(12-23(14)2)19-11-16(13-24)6-7-17(19)10-15-4-3-5-15/h6-9,11-13,15,22H,1,3-5,10H2,2H3. The second-order valence-electron chi connectivity index (χ2n) is 6.90. The largest absolute Gasteiger partial charge is 0.359 e. The minimum absolute atomic E-state index is 0.729. The fraction of sp³-hybridized carbons (Fsp3) is 0.286. The lowest BCUT2D eigenvalue weighted by Gasteiger charge is -2.29. The highest BCUT2D eigenvalue weighted by atomic mass is 16.1. The Bertz CT molecular complexity index is 839. The van der Waals surface area contributed by atoms with E-state index in [2.05, 4.69) is 34.8 Å². The number of nitrogens with one attached hydrogen (secondary N) is 1. The summed E-state index contributed by atoms with van der Waals surface area (Å²) in [5.41, 5.74) is 7.59. The number of fused-ring (bicyclic) bond motifs is 1.